The first-order valence-electron chi connectivity index (χ1n) is 5.93. The molecule has 1 aromatic carbocycles. The Morgan fingerprint density at radius 1 is 1.25 bits per heavy atom. The zero-order valence-corrected chi connectivity index (χ0v) is 10.3. The first-order chi connectivity index (χ1) is 7.67. The minimum atomic E-state index is -0.219. The Morgan fingerprint density at radius 3 is 2.38 bits per heavy atom. The average Bonchev–Trinajstić information content (AvgIpc) is 2.35. The van der Waals surface area contributed by atoms with Gasteiger partial charge in [0.05, 0.1) is 12.2 Å². The summed E-state index contributed by atoms with van der Waals surface area (Å²) in [6.45, 7) is 6.77. The van der Waals surface area contributed by atoms with Crippen LogP contribution in [0.15, 0.2) is 24.3 Å². The molecule has 0 aromatic heterocycles. The summed E-state index contributed by atoms with van der Waals surface area (Å²) in [5, 5.41) is 0. The van der Waals surface area contributed by atoms with Crippen LogP contribution in [0.5, 0.6) is 0 Å². The van der Waals surface area contributed by atoms with E-state index in [-0.39, 0.29) is 5.97 Å². The van der Waals surface area contributed by atoms with Gasteiger partial charge in [-0.25, -0.2) is 4.79 Å². The highest BCUT2D eigenvalue weighted by Gasteiger charge is 2.08. The molecule has 0 saturated heterocycles. The predicted molar refractivity (Wildman–Crippen MR) is 65.6 cm³/mol. The summed E-state index contributed by atoms with van der Waals surface area (Å²) in [4.78, 5) is 11.6. The van der Waals surface area contributed by atoms with Gasteiger partial charge in [0.1, 0.15) is 0 Å². The van der Waals surface area contributed by atoms with E-state index in [0.29, 0.717) is 18.1 Å². The van der Waals surface area contributed by atoms with E-state index < -0.39 is 0 Å². The van der Waals surface area contributed by atoms with E-state index in [1.807, 2.05) is 24.3 Å². The van der Waals surface area contributed by atoms with Crippen LogP contribution in [-0.2, 0) is 11.2 Å². The van der Waals surface area contributed by atoms with Crippen LogP contribution < -0.4 is 0 Å². The normalized spacial score (nSPS) is 12.2. The SMILES string of the molecule is CCc1ccc(C(=O)OCC(C)CC)cc1. The number of hydrogen-bond acceptors (Lipinski definition) is 2. The lowest BCUT2D eigenvalue weighted by Gasteiger charge is -2.09. The Labute approximate surface area is 97.6 Å². The highest BCUT2D eigenvalue weighted by atomic mass is 16.5. The molecule has 88 valence electrons. The second-order valence-electron chi connectivity index (χ2n) is 4.16. The van der Waals surface area contributed by atoms with Crippen LogP contribution in [-0.4, -0.2) is 12.6 Å². The van der Waals surface area contributed by atoms with Gasteiger partial charge in [-0.2, -0.15) is 0 Å². The number of aryl methyl sites for hydroxylation is 1. The van der Waals surface area contributed by atoms with Gasteiger partial charge in [-0.05, 0) is 30.0 Å². The summed E-state index contributed by atoms with van der Waals surface area (Å²) >= 11 is 0. The number of hydrogen-bond donors (Lipinski definition) is 0. The molecule has 0 aliphatic rings. The van der Waals surface area contributed by atoms with Crippen LogP contribution in [0.1, 0.15) is 43.1 Å². The molecule has 2 nitrogen and oxygen atoms in total. The van der Waals surface area contributed by atoms with E-state index in [9.17, 15) is 4.79 Å². The van der Waals surface area contributed by atoms with Crippen molar-refractivity contribution in [2.24, 2.45) is 5.92 Å². The maximum absolute atomic E-state index is 11.6. The van der Waals surface area contributed by atoms with Crippen molar-refractivity contribution >= 4 is 5.97 Å². The van der Waals surface area contributed by atoms with Crippen molar-refractivity contribution in [1.82, 2.24) is 0 Å². The van der Waals surface area contributed by atoms with Crippen LogP contribution in [0, 0.1) is 5.92 Å². The van der Waals surface area contributed by atoms with E-state index in [0.717, 1.165) is 12.8 Å². The first kappa shape index (κ1) is 12.8. The summed E-state index contributed by atoms with van der Waals surface area (Å²) < 4.78 is 5.22. The lowest BCUT2D eigenvalue weighted by Crippen LogP contribution is -2.11. The number of ether oxygens (including phenoxy) is 1. The number of rotatable bonds is 5. The van der Waals surface area contributed by atoms with Crippen LogP contribution in [0.2, 0.25) is 0 Å². The molecular weight excluding hydrogens is 200 g/mol. The molecule has 16 heavy (non-hydrogen) atoms. The fraction of sp³-hybridized carbons (Fsp3) is 0.500. The molecule has 0 fully saturated rings. The van der Waals surface area contributed by atoms with E-state index >= 15 is 0 Å². The molecule has 0 N–H and O–H groups in total. The lowest BCUT2D eigenvalue weighted by molar-refractivity contribution is 0.0447. The van der Waals surface area contributed by atoms with Crippen molar-refractivity contribution in [3.63, 3.8) is 0 Å². The van der Waals surface area contributed by atoms with Crippen LogP contribution in [0.4, 0.5) is 0 Å². The third-order valence-electron chi connectivity index (χ3n) is 2.79. The fourth-order valence-electron chi connectivity index (χ4n) is 1.30. The monoisotopic (exact) mass is 220 g/mol. The molecule has 0 bridgehead atoms. The van der Waals surface area contributed by atoms with Gasteiger partial charge in [-0.3, -0.25) is 0 Å². The number of esters is 1. The number of carbonyl (C=O) groups is 1. The van der Waals surface area contributed by atoms with Crippen molar-refractivity contribution in [3.05, 3.63) is 35.4 Å². The van der Waals surface area contributed by atoms with Gasteiger partial charge in [0, 0.05) is 0 Å². The minimum absolute atomic E-state index is 0.219. The van der Waals surface area contributed by atoms with Crippen molar-refractivity contribution < 1.29 is 9.53 Å². The molecule has 1 aromatic rings. The molecule has 0 saturated carbocycles. The van der Waals surface area contributed by atoms with Crippen molar-refractivity contribution in [3.8, 4) is 0 Å². The minimum Gasteiger partial charge on any atom is -0.462 e. The van der Waals surface area contributed by atoms with Gasteiger partial charge in [0.25, 0.3) is 0 Å². The molecule has 0 spiro atoms. The molecule has 0 radical (unpaired) electrons. The number of carbonyl (C=O) groups excluding carboxylic acids is 1. The van der Waals surface area contributed by atoms with Crippen LogP contribution >= 0.6 is 0 Å². The molecule has 1 rings (SSSR count). The standard InChI is InChI=1S/C14H20O2/c1-4-11(3)10-16-14(15)13-8-6-12(5-2)7-9-13/h6-9,11H,4-5,10H2,1-3H3. The summed E-state index contributed by atoms with van der Waals surface area (Å²) in [6.07, 6.45) is 2.02. The smallest absolute Gasteiger partial charge is 0.338 e. The van der Waals surface area contributed by atoms with Crippen LogP contribution in [0.25, 0.3) is 0 Å². The van der Waals surface area contributed by atoms with E-state index in [1.54, 1.807) is 0 Å². The topological polar surface area (TPSA) is 26.3 Å². The molecule has 0 amide bonds. The maximum Gasteiger partial charge on any atom is 0.338 e. The van der Waals surface area contributed by atoms with Gasteiger partial charge in [0.2, 0.25) is 0 Å². The summed E-state index contributed by atoms with van der Waals surface area (Å²) in [6, 6.07) is 7.61. The third kappa shape index (κ3) is 3.69. The maximum atomic E-state index is 11.6. The van der Waals surface area contributed by atoms with Gasteiger partial charge in [0.15, 0.2) is 0 Å². The first-order valence-corrected chi connectivity index (χ1v) is 5.93. The third-order valence-corrected chi connectivity index (χ3v) is 2.79. The average molecular weight is 220 g/mol. The largest absolute Gasteiger partial charge is 0.462 e. The summed E-state index contributed by atoms with van der Waals surface area (Å²) in [7, 11) is 0. The van der Waals surface area contributed by atoms with Crippen molar-refractivity contribution in [2.75, 3.05) is 6.61 Å². The predicted octanol–water partition coefficient (Wildman–Crippen LogP) is 3.45. The van der Waals surface area contributed by atoms with Crippen LogP contribution in [0.3, 0.4) is 0 Å². The summed E-state index contributed by atoms with van der Waals surface area (Å²) in [5.41, 5.74) is 1.87. The van der Waals surface area contributed by atoms with E-state index in [1.165, 1.54) is 5.56 Å². The molecule has 1 atom stereocenters. The fourth-order valence-corrected chi connectivity index (χ4v) is 1.30. The Bertz CT molecular complexity index is 327. The van der Waals surface area contributed by atoms with E-state index in [4.69, 9.17) is 4.74 Å². The van der Waals surface area contributed by atoms with Gasteiger partial charge < -0.3 is 4.74 Å². The van der Waals surface area contributed by atoms with E-state index in [2.05, 4.69) is 20.8 Å². The quantitative estimate of drug-likeness (QED) is 0.710. The highest BCUT2D eigenvalue weighted by Crippen LogP contribution is 2.08. The van der Waals surface area contributed by atoms with Gasteiger partial charge >= 0.3 is 5.97 Å². The molecule has 1 unspecified atom stereocenters. The second-order valence-corrected chi connectivity index (χ2v) is 4.16. The Morgan fingerprint density at radius 2 is 1.88 bits per heavy atom. The van der Waals surface area contributed by atoms with Gasteiger partial charge in [-0.15, -0.1) is 0 Å². The highest BCUT2D eigenvalue weighted by molar-refractivity contribution is 5.89. The van der Waals surface area contributed by atoms with Crippen molar-refractivity contribution in [1.29, 1.82) is 0 Å². The Kier molecular flexibility index (Phi) is 5.03. The molecule has 0 aliphatic heterocycles. The molecule has 2 heteroatoms. The zero-order valence-electron chi connectivity index (χ0n) is 10.3. The molecule has 0 aliphatic carbocycles. The second kappa shape index (κ2) is 6.31. The van der Waals surface area contributed by atoms with Gasteiger partial charge in [-0.1, -0.05) is 39.3 Å². The zero-order chi connectivity index (χ0) is 12.0. The Balaban J connectivity index is 2.52. The summed E-state index contributed by atoms with van der Waals surface area (Å²) in [5.74, 6) is 0.210. The Hall–Kier alpha value is -1.31. The number of benzene rings is 1. The molecule has 0 heterocycles. The van der Waals surface area contributed by atoms with Crippen molar-refractivity contribution in [2.45, 2.75) is 33.6 Å². The lowest BCUT2D eigenvalue weighted by atomic mass is 10.1. The molecular formula is C14H20O2.